The fourth-order valence-corrected chi connectivity index (χ4v) is 3.09. The summed E-state index contributed by atoms with van der Waals surface area (Å²) in [5.41, 5.74) is 0. The molecule has 0 bridgehead atoms. The minimum absolute atomic E-state index is 0.0316. The lowest BCUT2D eigenvalue weighted by molar-refractivity contribution is -0.143. The number of halogens is 1. The molecule has 2 unspecified atom stereocenters. The van der Waals surface area contributed by atoms with Crippen LogP contribution >= 0.6 is 11.8 Å². The summed E-state index contributed by atoms with van der Waals surface area (Å²) in [4.78, 5) is 12.0. The van der Waals surface area contributed by atoms with Crippen molar-refractivity contribution in [2.24, 2.45) is 0 Å². The number of hydrogen-bond donors (Lipinski definition) is 0. The molecule has 20 heavy (non-hydrogen) atoms. The molecule has 4 heteroatoms. The second-order valence-electron chi connectivity index (χ2n) is 5.30. The summed E-state index contributed by atoms with van der Waals surface area (Å²) in [7, 11) is 0. The van der Waals surface area contributed by atoms with Crippen LogP contribution in [0, 0.1) is 0 Å². The van der Waals surface area contributed by atoms with Gasteiger partial charge in [0.05, 0.1) is 12.8 Å². The summed E-state index contributed by atoms with van der Waals surface area (Å²) in [6.45, 7) is 6.28. The van der Waals surface area contributed by atoms with Crippen molar-refractivity contribution in [1.82, 2.24) is 0 Å². The van der Waals surface area contributed by atoms with Crippen LogP contribution < -0.4 is 0 Å². The molecular formula is C16H31FO2S. The molecule has 0 aliphatic carbocycles. The van der Waals surface area contributed by atoms with E-state index in [0.29, 0.717) is 13.0 Å². The van der Waals surface area contributed by atoms with Crippen molar-refractivity contribution in [1.29, 1.82) is 0 Å². The van der Waals surface area contributed by atoms with Gasteiger partial charge in [-0.25, -0.2) is 4.39 Å². The topological polar surface area (TPSA) is 26.3 Å². The SMILES string of the molecule is CCCCCC(SCCCCC(C)F)C(=O)OCCC. The van der Waals surface area contributed by atoms with E-state index in [1.807, 2.05) is 6.92 Å². The van der Waals surface area contributed by atoms with E-state index < -0.39 is 6.17 Å². The first-order valence-electron chi connectivity index (χ1n) is 8.04. The van der Waals surface area contributed by atoms with E-state index in [9.17, 15) is 9.18 Å². The second kappa shape index (κ2) is 13.7. The molecule has 0 N–H and O–H groups in total. The Labute approximate surface area is 128 Å². The van der Waals surface area contributed by atoms with Crippen LogP contribution in [0.1, 0.15) is 72.1 Å². The predicted molar refractivity (Wildman–Crippen MR) is 86.1 cm³/mol. The van der Waals surface area contributed by atoms with E-state index in [4.69, 9.17) is 4.74 Å². The quantitative estimate of drug-likeness (QED) is 0.348. The summed E-state index contributed by atoms with van der Waals surface area (Å²) >= 11 is 1.69. The third-order valence-corrected chi connectivity index (χ3v) is 4.45. The number of rotatable bonds is 13. The molecule has 0 fully saturated rings. The standard InChI is InChI=1S/C16H31FO2S/c1-4-6-7-11-15(16(18)19-12-5-2)20-13-9-8-10-14(3)17/h14-15H,4-13H2,1-3H3. The minimum atomic E-state index is -0.713. The molecule has 2 nitrogen and oxygen atoms in total. The Morgan fingerprint density at radius 1 is 1.10 bits per heavy atom. The zero-order chi connectivity index (χ0) is 15.2. The largest absolute Gasteiger partial charge is 0.465 e. The molecule has 0 aromatic rings. The maximum Gasteiger partial charge on any atom is 0.319 e. The van der Waals surface area contributed by atoms with Crippen LogP contribution in [0.25, 0.3) is 0 Å². The Balaban J connectivity index is 3.93. The van der Waals surface area contributed by atoms with Crippen LogP contribution in [-0.4, -0.2) is 29.8 Å². The average molecular weight is 306 g/mol. The zero-order valence-corrected chi connectivity index (χ0v) is 14.1. The molecule has 0 amide bonds. The predicted octanol–water partition coefficient (Wildman–Crippen LogP) is 5.15. The van der Waals surface area contributed by atoms with E-state index in [0.717, 1.165) is 50.7 Å². The van der Waals surface area contributed by atoms with Crippen LogP contribution in [-0.2, 0) is 9.53 Å². The molecule has 0 radical (unpaired) electrons. The maximum atomic E-state index is 12.7. The monoisotopic (exact) mass is 306 g/mol. The zero-order valence-electron chi connectivity index (χ0n) is 13.3. The molecule has 0 saturated heterocycles. The van der Waals surface area contributed by atoms with Crippen molar-refractivity contribution in [3.05, 3.63) is 0 Å². The van der Waals surface area contributed by atoms with Gasteiger partial charge < -0.3 is 4.74 Å². The van der Waals surface area contributed by atoms with E-state index in [-0.39, 0.29) is 11.2 Å². The lowest BCUT2D eigenvalue weighted by atomic mass is 10.1. The van der Waals surface area contributed by atoms with Gasteiger partial charge in [0.15, 0.2) is 0 Å². The van der Waals surface area contributed by atoms with Crippen molar-refractivity contribution >= 4 is 17.7 Å². The summed E-state index contributed by atoms with van der Waals surface area (Å²) in [6.07, 6.45) is 6.97. The Hall–Kier alpha value is -0.250. The summed E-state index contributed by atoms with van der Waals surface area (Å²) in [5, 5.41) is -0.0316. The Bertz CT molecular complexity index is 235. The van der Waals surface area contributed by atoms with Gasteiger partial charge in [-0.2, -0.15) is 0 Å². The van der Waals surface area contributed by atoms with E-state index in [2.05, 4.69) is 6.92 Å². The number of esters is 1. The molecule has 2 atom stereocenters. The fourth-order valence-electron chi connectivity index (χ4n) is 1.90. The molecule has 0 saturated carbocycles. The molecule has 0 aromatic heterocycles. The Morgan fingerprint density at radius 3 is 2.40 bits per heavy atom. The van der Waals surface area contributed by atoms with E-state index in [1.165, 1.54) is 0 Å². The van der Waals surface area contributed by atoms with Gasteiger partial charge in [-0.1, -0.05) is 33.1 Å². The van der Waals surface area contributed by atoms with Gasteiger partial charge in [-0.05, 0) is 44.8 Å². The highest BCUT2D eigenvalue weighted by Gasteiger charge is 2.19. The summed E-state index contributed by atoms with van der Waals surface area (Å²) in [5.74, 6) is 0.858. The Kier molecular flexibility index (Phi) is 13.5. The van der Waals surface area contributed by atoms with Crippen LogP contribution in [0.4, 0.5) is 4.39 Å². The van der Waals surface area contributed by atoms with Crippen molar-refractivity contribution in [2.45, 2.75) is 83.6 Å². The molecule has 120 valence electrons. The van der Waals surface area contributed by atoms with Crippen LogP contribution in [0.3, 0.4) is 0 Å². The third kappa shape index (κ3) is 11.6. The van der Waals surface area contributed by atoms with E-state index in [1.54, 1.807) is 18.7 Å². The van der Waals surface area contributed by atoms with Crippen LogP contribution in [0.2, 0.25) is 0 Å². The maximum absolute atomic E-state index is 12.7. The van der Waals surface area contributed by atoms with Gasteiger partial charge in [0.2, 0.25) is 0 Å². The summed E-state index contributed by atoms with van der Waals surface area (Å²) in [6, 6.07) is 0. The smallest absolute Gasteiger partial charge is 0.319 e. The van der Waals surface area contributed by atoms with Gasteiger partial charge in [0.25, 0.3) is 0 Å². The highest BCUT2D eigenvalue weighted by atomic mass is 32.2. The lowest BCUT2D eigenvalue weighted by Gasteiger charge is -2.15. The second-order valence-corrected chi connectivity index (χ2v) is 6.61. The molecular weight excluding hydrogens is 275 g/mol. The van der Waals surface area contributed by atoms with Crippen LogP contribution in [0.5, 0.6) is 0 Å². The van der Waals surface area contributed by atoms with Gasteiger partial charge in [-0.15, -0.1) is 11.8 Å². The van der Waals surface area contributed by atoms with Gasteiger partial charge in [0, 0.05) is 0 Å². The first-order chi connectivity index (χ1) is 9.61. The molecule has 0 heterocycles. The van der Waals surface area contributed by atoms with E-state index >= 15 is 0 Å². The van der Waals surface area contributed by atoms with Gasteiger partial charge >= 0.3 is 5.97 Å². The van der Waals surface area contributed by atoms with Crippen molar-refractivity contribution in [3.63, 3.8) is 0 Å². The minimum Gasteiger partial charge on any atom is -0.465 e. The number of hydrogen-bond acceptors (Lipinski definition) is 3. The molecule has 0 aliphatic heterocycles. The van der Waals surface area contributed by atoms with Gasteiger partial charge in [0.1, 0.15) is 5.25 Å². The summed E-state index contributed by atoms with van der Waals surface area (Å²) < 4.78 is 17.9. The lowest BCUT2D eigenvalue weighted by Crippen LogP contribution is -2.21. The highest BCUT2D eigenvalue weighted by Crippen LogP contribution is 2.21. The van der Waals surface area contributed by atoms with Gasteiger partial charge in [-0.3, -0.25) is 4.79 Å². The fraction of sp³-hybridized carbons (Fsp3) is 0.938. The number of ether oxygens (including phenoxy) is 1. The average Bonchev–Trinajstić information content (AvgIpc) is 2.42. The van der Waals surface area contributed by atoms with Crippen molar-refractivity contribution in [3.8, 4) is 0 Å². The Morgan fingerprint density at radius 2 is 1.80 bits per heavy atom. The number of unbranched alkanes of at least 4 members (excludes halogenated alkanes) is 3. The number of carbonyl (C=O) groups is 1. The number of carbonyl (C=O) groups excluding carboxylic acids is 1. The van der Waals surface area contributed by atoms with Crippen molar-refractivity contribution < 1.29 is 13.9 Å². The molecule has 0 rings (SSSR count). The first-order valence-corrected chi connectivity index (χ1v) is 9.09. The molecule has 0 aromatic carbocycles. The third-order valence-electron chi connectivity index (χ3n) is 3.10. The first kappa shape index (κ1) is 19.8. The van der Waals surface area contributed by atoms with Crippen molar-refractivity contribution in [2.75, 3.05) is 12.4 Å². The molecule has 0 aliphatic rings. The number of thioether (sulfide) groups is 1. The molecule has 0 spiro atoms. The normalized spacial score (nSPS) is 14.0. The highest BCUT2D eigenvalue weighted by molar-refractivity contribution is 8.00. The van der Waals surface area contributed by atoms with Crippen LogP contribution in [0.15, 0.2) is 0 Å². The number of alkyl halides is 1.